The molecule has 1 aliphatic carbocycles. The summed E-state index contributed by atoms with van der Waals surface area (Å²) in [4.78, 5) is 16.0. The smallest absolute Gasteiger partial charge is 0.336 e. The van der Waals surface area contributed by atoms with E-state index in [1.54, 1.807) is 19.1 Å². The lowest BCUT2D eigenvalue weighted by Gasteiger charge is -2.20. The molecule has 0 spiro atoms. The maximum absolute atomic E-state index is 11.4. The molecule has 0 amide bonds. The predicted octanol–water partition coefficient (Wildman–Crippen LogP) is 4.48. The zero-order valence-corrected chi connectivity index (χ0v) is 17.7. The molecule has 156 valence electrons. The summed E-state index contributed by atoms with van der Waals surface area (Å²) in [7, 11) is 2.02. The van der Waals surface area contributed by atoms with Gasteiger partial charge in [0, 0.05) is 29.2 Å². The highest BCUT2D eigenvalue weighted by atomic mass is 35.5. The lowest BCUT2D eigenvalue weighted by Crippen LogP contribution is -2.35. The molecule has 3 aromatic rings. The second kappa shape index (κ2) is 7.32. The van der Waals surface area contributed by atoms with Crippen molar-refractivity contribution in [2.24, 2.45) is 12.0 Å². The van der Waals surface area contributed by atoms with Crippen LogP contribution in [-0.4, -0.2) is 33.7 Å². The van der Waals surface area contributed by atoms with E-state index in [1.165, 1.54) is 6.07 Å². The molecular weight excluding hydrogens is 414 g/mol. The van der Waals surface area contributed by atoms with Crippen molar-refractivity contribution in [1.82, 2.24) is 9.88 Å². The number of rotatable bonds is 3. The van der Waals surface area contributed by atoms with Crippen LogP contribution in [0, 0.1) is 6.92 Å². The summed E-state index contributed by atoms with van der Waals surface area (Å²) in [5.41, 5.74) is 4.01. The highest BCUT2D eigenvalue weighted by molar-refractivity contribution is 6.37. The van der Waals surface area contributed by atoms with Crippen LogP contribution >= 0.6 is 11.6 Å². The number of ether oxygens (including phenoxy) is 1. The van der Waals surface area contributed by atoms with E-state index in [0.717, 1.165) is 22.0 Å². The molecule has 6 nitrogen and oxygen atoms in total. The van der Waals surface area contributed by atoms with Gasteiger partial charge in [-0.05, 0) is 66.1 Å². The van der Waals surface area contributed by atoms with Crippen LogP contribution < -0.4 is 10.1 Å². The molecule has 0 bridgehead atoms. The number of aromatic nitrogens is 1. The Morgan fingerprint density at radius 1 is 1.19 bits per heavy atom. The number of amidine groups is 1. The number of aromatic carboxylic acids is 1. The minimum Gasteiger partial charge on any atom is -0.478 e. The maximum atomic E-state index is 11.4. The third-order valence-corrected chi connectivity index (χ3v) is 6.02. The monoisotopic (exact) mass is 433 g/mol. The number of aliphatic imine (C=N–C) groups is 1. The van der Waals surface area contributed by atoms with E-state index in [0.29, 0.717) is 22.4 Å². The Bertz CT molecular complexity index is 1320. The van der Waals surface area contributed by atoms with Crippen molar-refractivity contribution in [2.45, 2.75) is 19.0 Å². The molecule has 2 unspecified atom stereocenters. The Morgan fingerprint density at radius 2 is 2.03 bits per heavy atom. The maximum Gasteiger partial charge on any atom is 0.336 e. The summed E-state index contributed by atoms with van der Waals surface area (Å²) < 4.78 is 7.90. The van der Waals surface area contributed by atoms with Gasteiger partial charge in [-0.3, -0.25) is 0 Å². The summed E-state index contributed by atoms with van der Waals surface area (Å²) in [6, 6.07) is 13.4. The van der Waals surface area contributed by atoms with E-state index >= 15 is 0 Å². The third-order valence-electron chi connectivity index (χ3n) is 5.70. The normalized spacial score (nSPS) is 19.9. The van der Waals surface area contributed by atoms with E-state index in [9.17, 15) is 9.90 Å². The van der Waals surface area contributed by atoms with Crippen LogP contribution in [0.4, 0.5) is 0 Å². The second-order valence-electron chi connectivity index (χ2n) is 7.77. The molecule has 0 saturated heterocycles. The summed E-state index contributed by atoms with van der Waals surface area (Å²) in [6.07, 6.45) is 6.01. The molecule has 2 atom stereocenters. The number of hydrogen-bond donors (Lipinski definition) is 2. The van der Waals surface area contributed by atoms with E-state index < -0.39 is 5.97 Å². The average molecular weight is 434 g/mol. The molecule has 0 radical (unpaired) electrons. The number of carboxylic acid groups (broad SMARTS) is 1. The molecule has 2 N–H and O–H groups in total. The first-order chi connectivity index (χ1) is 14.9. The zero-order valence-electron chi connectivity index (χ0n) is 17.0. The Morgan fingerprint density at radius 3 is 2.84 bits per heavy atom. The van der Waals surface area contributed by atoms with E-state index in [1.807, 2.05) is 25.4 Å². The van der Waals surface area contributed by atoms with Crippen molar-refractivity contribution in [3.63, 3.8) is 0 Å². The Balaban J connectivity index is 1.42. The molecule has 7 heteroatoms. The van der Waals surface area contributed by atoms with Gasteiger partial charge in [0.2, 0.25) is 0 Å². The van der Waals surface area contributed by atoms with Crippen LogP contribution in [0.2, 0.25) is 0 Å². The Hall–Kier alpha value is -3.51. The lowest BCUT2D eigenvalue weighted by molar-refractivity contribution is 0.0695. The summed E-state index contributed by atoms with van der Waals surface area (Å²) in [5.74, 6) is -0.572. The number of hydrogen-bond acceptors (Lipinski definition) is 4. The zero-order chi connectivity index (χ0) is 21.7. The number of allylic oxidation sites excluding steroid dienone is 2. The number of nitrogens with one attached hydrogen (secondary N) is 1. The van der Waals surface area contributed by atoms with Gasteiger partial charge in [0.1, 0.15) is 5.75 Å². The lowest BCUT2D eigenvalue weighted by atomic mass is 9.93. The van der Waals surface area contributed by atoms with Gasteiger partial charge in [-0.25, -0.2) is 9.79 Å². The van der Waals surface area contributed by atoms with Crippen LogP contribution in [0.1, 0.15) is 21.5 Å². The fourth-order valence-electron chi connectivity index (χ4n) is 4.01. The minimum absolute atomic E-state index is 0.115. The van der Waals surface area contributed by atoms with Gasteiger partial charge in [0.15, 0.2) is 0 Å². The van der Waals surface area contributed by atoms with Gasteiger partial charge in [0.05, 0.1) is 17.6 Å². The van der Waals surface area contributed by atoms with E-state index in [4.69, 9.17) is 16.3 Å². The number of fused-ring (bicyclic) bond motifs is 2. The molecule has 5 rings (SSSR count). The molecule has 1 aromatic heterocycles. The van der Waals surface area contributed by atoms with Gasteiger partial charge < -0.3 is 19.7 Å². The summed E-state index contributed by atoms with van der Waals surface area (Å²) >= 11 is 6.61. The first-order valence-corrected chi connectivity index (χ1v) is 10.3. The molecule has 2 aliphatic rings. The van der Waals surface area contributed by atoms with Gasteiger partial charge in [-0.2, -0.15) is 0 Å². The van der Waals surface area contributed by atoms with Crippen molar-refractivity contribution >= 4 is 40.1 Å². The molecule has 31 heavy (non-hydrogen) atoms. The predicted molar refractivity (Wildman–Crippen MR) is 122 cm³/mol. The molecule has 1 aliphatic heterocycles. The van der Waals surface area contributed by atoms with Crippen molar-refractivity contribution in [2.75, 3.05) is 0 Å². The SMILES string of the molecule is Cc1ccc(OC2=NC3C=C(c4ccc5c(ccn5C)c4)C(Cl)=CC3N2)cc1C(=O)O. The first-order valence-electron chi connectivity index (χ1n) is 9.90. The Labute approximate surface area is 184 Å². The summed E-state index contributed by atoms with van der Waals surface area (Å²) in [6.45, 7) is 1.75. The highest BCUT2D eigenvalue weighted by Gasteiger charge is 2.31. The van der Waals surface area contributed by atoms with Gasteiger partial charge in [-0.15, -0.1) is 0 Å². The van der Waals surface area contributed by atoms with Gasteiger partial charge in [-0.1, -0.05) is 23.7 Å². The van der Waals surface area contributed by atoms with E-state index in [-0.39, 0.29) is 17.6 Å². The number of aryl methyl sites for hydroxylation is 2. The van der Waals surface area contributed by atoms with E-state index in [2.05, 4.69) is 39.1 Å². The number of halogens is 1. The van der Waals surface area contributed by atoms with Crippen LogP contribution in [-0.2, 0) is 7.05 Å². The Kier molecular flexibility index (Phi) is 4.59. The van der Waals surface area contributed by atoms with Crippen LogP contribution in [0.5, 0.6) is 5.75 Å². The highest BCUT2D eigenvalue weighted by Crippen LogP contribution is 2.35. The standard InChI is InChI=1S/C24H20ClN3O3/c1-13-3-5-16(10-17(13)23(29)30)31-24-26-20-11-18(19(25)12-21(20)27-24)14-4-6-22-15(9-14)7-8-28(22)2/h3-12,20-21H,1-2H3,(H,26,27)(H,29,30). The molecule has 2 aromatic carbocycles. The van der Waals surface area contributed by atoms with Gasteiger partial charge in [0.25, 0.3) is 6.02 Å². The van der Waals surface area contributed by atoms with Gasteiger partial charge >= 0.3 is 5.97 Å². The molecule has 0 saturated carbocycles. The fourth-order valence-corrected chi connectivity index (χ4v) is 4.31. The van der Waals surface area contributed by atoms with Crippen molar-refractivity contribution in [1.29, 1.82) is 0 Å². The topological polar surface area (TPSA) is 75.8 Å². The van der Waals surface area contributed by atoms with Crippen LogP contribution in [0.3, 0.4) is 0 Å². The molecule has 2 heterocycles. The number of carbonyl (C=O) groups is 1. The second-order valence-corrected chi connectivity index (χ2v) is 8.18. The molecular formula is C24H20ClN3O3. The van der Waals surface area contributed by atoms with Crippen molar-refractivity contribution < 1.29 is 14.6 Å². The first kappa shape index (κ1) is 19.5. The average Bonchev–Trinajstić information content (AvgIpc) is 3.30. The number of nitrogens with zero attached hydrogens (tertiary/aromatic N) is 2. The number of carboxylic acids is 1. The largest absolute Gasteiger partial charge is 0.478 e. The summed E-state index contributed by atoms with van der Waals surface area (Å²) in [5, 5.41) is 14.3. The van der Waals surface area contributed by atoms with Crippen LogP contribution in [0.25, 0.3) is 16.5 Å². The quantitative estimate of drug-likeness (QED) is 0.638. The third kappa shape index (κ3) is 3.49. The van der Waals surface area contributed by atoms with Crippen LogP contribution in [0.15, 0.2) is 70.8 Å². The molecule has 0 fully saturated rings. The minimum atomic E-state index is -0.990. The number of benzene rings is 2. The van der Waals surface area contributed by atoms with Crippen molar-refractivity contribution in [3.05, 3.63) is 82.5 Å². The fraction of sp³-hybridized carbons (Fsp3) is 0.167. The van der Waals surface area contributed by atoms with Crippen molar-refractivity contribution in [3.8, 4) is 5.75 Å².